The highest BCUT2D eigenvalue weighted by Crippen LogP contribution is 2.20. The van der Waals surface area contributed by atoms with Gasteiger partial charge >= 0.3 is 0 Å². The second kappa shape index (κ2) is 68.4. The molecule has 0 radical (unpaired) electrons. The second-order valence-corrected chi connectivity index (χ2v) is 25.0. The Balaban J connectivity index is 3.38. The number of amides is 1. The average Bonchev–Trinajstić information content (AvgIpc) is 3.42. The van der Waals surface area contributed by atoms with E-state index in [0.29, 0.717) is 6.42 Å². The van der Waals surface area contributed by atoms with E-state index in [2.05, 4.69) is 19.2 Å². The van der Waals surface area contributed by atoms with Gasteiger partial charge in [-0.3, -0.25) is 4.79 Å². The number of rotatable bonds is 68. The predicted molar refractivity (Wildman–Crippen MR) is 341 cm³/mol. The zero-order chi connectivity index (χ0) is 54.8. The van der Waals surface area contributed by atoms with Crippen LogP contribution in [0.3, 0.4) is 0 Å². The van der Waals surface area contributed by atoms with Gasteiger partial charge in [-0.2, -0.15) is 0 Å². The number of hydrogen-bond donors (Lipinski definition) is 3. The van der Waals surface area contributed by atoms with Gasteiger partial charge in [0.1, 0.15) is 0 Å². The van der Waals surface area contributed by atoms with Gasteiger partial charge in [0, 0.05) is 6.42 Å². The lowest BCUT2D eigenvalue weighted by molar-refractivity contribution is -0.123. The summed E-state index contributed by atoms with van der Waals surface area (Å²) in [5, 5.41) is 23.3. The number of allylic oxidation sites excluding steroid dienone is 1. The molecule has 0 aromatic carbocycles. The summed E-state index contributed by atoms with van der Waals surface area (Å²) in [5.41, 5.74) is 0. The lowest BCUT2D eigenvalue weighted by Crippen LogP contribution is -2.45. The monoisotopic (exact) mass is 1070 g/mol. The summed E-state index contributed by atoms with van der Waals surface area (Å²) in [6, 6.07) is -0.620. The Morgan fingerprint density at radius 2 is 0.487 bits per heavy atom. The molecule has 0 saturated carbocycles. The van der Waals surface area contributed by atoms with Crippen molar-refractivity contribution in [3.63, 3.8) is 0 Å². The maximum absolute atomic E-state index is 12.5. The lowest BCUT2D eigenvalue weighted by atomic mass is 10.0. The van der Waals surface area contributed by atoms with E-state index in [1.165, 1.54) is 379 Å². The van der Waals surface area contributed by atoms with E-state index in [1.54, 1.807) is 6.08 Å². The number of aliphatic hydroxyl groups is 2. The maximum Gasteiger partial charge on any atom is 0.220 e. The maximum atomic E-state index is 12.5. The van der Waals surface area contributed by atoms with E-state index >= 15 is 0 Å². The van der Waals surface area contributed by atoms with Crippen molar-refractivity contribution in [3.8, 4) is 0 Å². The Morgan fingerprint density at radius 1 is 0.303 bits per heavy atom. The van der Waals surface area contributed by atoms with Gasteiger partial charge in [-0.15, -0.1) is 0 Å². The first-order chi connectivity index (χ1) is 37.7. The molecule has 0 aromatic rings. The Hall–Kier alpha value is -0.870. The molecule has 76 heavy (non-hydrogen) atoms. The number of nitrogens with one attached hydrogen (secondary N) is 1. The molecular weight excluding hydrogens is 927 g/mol. The zero-order valence-electron chi connectivity index (χ0n) is 52.6. The van der Waals surface area contributed by atoms with Crippen molar-refractivity contribution in [3.05, 3.63) is 12.2 Å². The molecule has 2 atom stereocenters. The molecule has 3 N–H and O–H groups in total. The highest BCUT2D eigenvalue weighted by Gasteiger charge is 2.18. The SMILES string of the molecule is CCCCCCCCCCCCCCCCCCCCCCCCCCCCCC/C=C/C(O)C(CO)NC(=O)CCCCCCCCCCCCCCCCCCCCCCCCCCCCCCCCCCCC. The van der Waals surface area contributed by atoms with Gasteiger partial charge in [0.25, 0.3) is 0 Å². The van der Waals surface area contributed by atoms with Crippen molar-refractivity contribution >= 4 is 5.91 Å². The van der Waals surface area contributed by atoms with Crippen LogP contribution in [0.5, 0.6) is 0 Å². The molecule has 0 spiro atoms. The quantitative estimate of drug-likeness (QED) is 0.0420. The fourth-order valence-electron chi connectivity index (χ4n) is 11.8. The highest BCUT2D eigenvalue weighted by atomic mass is 16.3. The smallest absolute Gasteiger partial charge is 0.220 e. The van der Waals surface area contributed by atoms with E-state index < -0.39 is 12.1 Å². The van der Waals surface area contributed by atoms with Crippen LogP contribution >= 0.6 is 0 Å². The Bertz CT molecular complexity index is 1080. The van der Waals surface area contributed by atoms with Crippen LogP contribution in [0, 0.1) is 0 Å². The minimum atomic E-state index is -0.837. The van der Waals surface area contributed by atoms with Gasteiger partial charge in [0.2, 0.25) is 5.91 Å². The van der Waals surface area contributed by atoms with Crippen molar-refractivity contribution in [2.75, 3.05) is 6.61 Å². The summed E-state index contributed by atoms with van der Waals surface area (Å²) < 4.78 is 0. The molecule has 0 aliphatic rings. The van der Waals surface area contributed by atoms with E-state index in [0.717, 1.165) is 25.7 Å². The summed E-state index contributed by atoms with van der Waals surface area (Å²) in [4.78, 5) is 12.5. The minimum absolute atomic E-state index is 0.0527. The number of unbranched alkanes of at least 4 members (excludes halogenated alkanes) is 61. The normalized spacial score (nSPS) is 12.6. The van der Waals surface area contributed by atoms with Crippen LogP contribution in [-0.4, -0.2) is 34.9 Å². The molecule has 0 fully saturated rings. The molecule has 4 nitrogen and oxygen atoms in total. The van der Waals surface area contributed by atoms with E-state index in [9.17, 15) is 15.0 Å². The summed E-state index contributed by atoms with van der Waals surface area (Å²) in [7, 11) is 0. The highest BCUT2D eigenvalue weighted by molar-refractivity contribution is 5.76. The first-order valence-electron chi connectivity index (χ1n) is 35.9. The van der Waals surface area contributed by atoms with Crippen molar-refractivity contribution in [1.82, 2.24) is 5.32 Å². The third-order valence-corrected chi connectivity index (χ3v) is 17.3. The second-order valence-electron chi connectivity index (χ2n) is 25.0. The molecule has 0 aliphatic carbocycles. The first kappa shape index (κ1) is 75.1. The lowest BCUT2D eigenvalue weighted by Gasteiger charge is -2.20. The van der Waals surface area contributed by atoms with E-state index in [-0.39, 0.29) is 12.5 Å². The Morgan fingerprint density at radius 3 is 0.684 bits per heavy atom. The molecule has 0 rings (SSSR count). The average molecular weight is 1070 g/mol. The minimum Gasteiger partial charge on any atom is -0.394 e. The summed E-state index contributed by atoms with van der Waals surface area (Å²) >= 11 is 0. The van der Waals surface area contributed by atoms with Gasteiger partial charge in [-0.05, 0) is 19.3 Å². The van der Waals surface area contributed by atoms with Crippen molar-refractivity contribution in [1.29, 1.82) is 0 Å². The molecule has 0 bridgehead atoms. The van der Waals surface area contributed by atoms with Crippen LogP contribution in [-0.2, 0) is 4.79 Å². The van der Waals surface area contributed by atoms with E-state index in [4.69, 9.17) is 0 Å². The van der Waals surface area contributed by atoms with Gasteiger partial charge in [0.15, 0.2) is 0 Å². The largest absolute Gasteiger partial charge is 0.394 e. The van der Waals surface area contributed by atoms with Gasteiger partial charge in [-0.25, -0.2) is 0 Å². The number of hydrogen-bond acceptors (Lipinski definition) is 3. The van der Waals surface area contributed by atoms with Crippen molar-refractivity contribution in [2.45, 2.75) is 437 Å². The topological polar surface area (TPSA) is 69.6 Å². The van der Waals surface area contributed by atoms with Crippen LogP contribution in [0.2, 0.25) is 0 Å². The zero-order valence-corrected chi connectivity index (χ0v) is 52.6. The third-order valence-electron chi connectivity index (χ3n) is 17.3. The Labute approximate surface area is 479 Å². The van der Waals surface area contributed by atoms with Gasteiger partial charge in [-0.1, -0.05) is 411 Å². The van der Waals surface area contributed by atoms with Gasteiger partial charge in [0.05, 0.1) is 18.8 Å². The number of aliphatic hydroxyl groups excluding tert-OH is 2. The molecule has 4 heteroatoms. The summed E-state index contributed by atoms with van der Waals surface area (Å²) in [6.07, 6.45) is 91.8. The van der Waals surface area contributed by atoms with Crippen LogP contribution < -0.4 is 5.32 Å². The predicted octanol–water partition coefficient (Wildman–Crippen LogP) is 24.4. The molecule has 0 heterocycles. The molecule has 454 valence electrons. The van der Waals surface area contributed by atoms with Crippen LogP contribution in [0.1, 0.15) is 425 Å². The number of carbonyl (C=O) groups is 1. The van der Waals surface area contributed by atoms with Crippen LogP contribution in [0.25, 0.3) is 0 Å². The standard InChI is InChI=1S/C72H143NO3/c1-3-5-7-9-11-13-15-17-19-21-23-25-27-29-31-33-35-36-37-38-40-42-44-46-48-50-52-54-56-58-60-62-64-66-68-72(76)73-70(69-74)71(75)67-65-63-61-59-57-55-53-51-49-47-45-43-41-39-34-32-30-28-26-24-22-20-18-16-14-12-10-8-6-4-2/h65,67,70-71,74-75H,3-64,66,68-69H2,1-2H3,(H,73,76)/b67-65+. The third kappa shape index (κ3) is 64.0. The van der Waals surface area contributed by atoms with E-state index in [1.807, 2.05) is 6.08 Å². The summed E-state index contributed by atoms with van der Waals surface area (Å²) in [5.74, 6) is -0.0527. The fourth-order valence-corrected chi connectivity index (χ4v) is 11.8. The van der Waals surface area contributed by atoms with Crippen LogP contribution in [0.15, 0.2) is 12.2 Å². The van der Waals surface area contributed by atoms with Crippen molar-refractivity contribution in [2.24, 2.45) is 0 Å². The first-order valence-corrected chi connectivity index (χ1v) is 35.9. The molecule has 2 unspecified atom stereocenters. The Kier molecular flexibility index (Phi) is 67.6. The molecule has 0 aromatic heterocycles. The number of carbonyl (C=O) groups excluding carboxylic acids is 1. The fraction of sp³-hybridized carbons (Fsp3) is 0.958. The van der Waals surface area contributed by atoms with Gasteiger partial charge < -0.3 is 15.5 Å². The molecule has 0 aliphatic heterocycles. The summed E-state index contributed by atoms with van der Waals surface area (Å²) in [6.45, 7) is 4.37. The molecular formula is C72H143NO3. The van der Waals surface area contributed by atoms with Crippen LogP contribution in [0.4, 0.5) is 0 Å². The van der Waals surface area contributed by atoms with Crippen molar-refractivity contribution < 1.29 is 15.0 Å². The molecule has 0 saturated heterocycles. The molecule has 1 amide bonds.